The van der Waals surface area contributed by atoms with Gasteiger partial charge in [0.2, 0.25) is 5.84 Å². The molecule has 1 aliphatic rings. The molecular formula is C16H17N3O6. The van der Waals surface area contributed by atoms with Crippen molar-refractivity contribution in [1.29, 1.82) is 0 Å². The van der Waals surface area contributed by atoms with Crippen molar-refractivity contribution in [1.82, 2.24) is 5.32 Å². The molecule has 0 aliphatic heterocycles. The van der Waals surface area contributed by atoms with E-state index in [0.29, 0.717) is 5.56 Å². The number of ketones is 1. The molecule has 0 unspecified atom stereocenters. The summed E-state index contributed by atoms with van der Waals surface area (Å²) in [5.74, 6) is -1.07. The number of nitro groups is 1. The van der Waals surface area contributed by atoms with E-state index >= 15 is 0 Å². The third-order valence-corrected chi connectivity index (χ3v) is 3.42. The molecule has 4 N–H and O–H groups in total. The van der Waals surface area contributed by atoms with Gasteiger partial charge in [-0.15, -0.1) is 0 Å². The molecule has 132 valence electrons. The molecule has 2 rings (SSSR count). The van der Waals surface area contributed by atoms with Gasteiger partial charge in [0.25, 0.3) is 0 Å². The van der Waals surface area contributed by atoms with Crippen molar-refractivity contribution in [3.63, 3.8) is 0 Å². The average Bonchev–Trinajstić information content (AvgIpc) is 2.85. The first-order valence-electron chi connectivity index (χ1n) is 7.45. The second kappa shape index (κ2) is 8.18. The van der Waals surface area contributed by atoms with Crippen LogP contribution >= 0.6 is 0 Å². The fourth-order valence-electron chi connectivity index (χ4n) is 2.33. The Hall–Kier alpha value is -3.04. The van der Waals surface area contributed by atoms with Gasteiger partial charge in [-0.2, -0.15) is 0 Å². The molecule has 0 heterocycles. The molecule has 0 radical (unpaired) electrons. The minimum absolute atomic E-state index is 0.00531. The maximum absolute atomic E-state index is 12.4. The Labute approximate surface area is 142 Å². The summed E-state index contributed by atoms with van der Waals surface area (Å²) in [6.45, 7) is -0.720. The van der Waals surface area contributed by atoms with E-state index in [-0.39, 0.29) is 49.0 Å². The van der Waals surface area contributed by atoms with Gasteiger partial charge in [-0.05, 0) is 0 Å². The van der Waals surface area contributed by atoms with E-state index in [4.69, 9.17) is 10.2 Å². The van der Waals surface area contributed by atoms with Crippen LogP contribution < -0.4 is 5.32 Å². The number of allylic oxidation sites excluding steroid dienone is 2. The number of nitrogens with one attached hydrogen (secondary N) is 1. The number of hydrogen-bond donors (Lipinski definition) is 4. The zero-order chi connectivity index (χ0) is 18.4. The fourth-order valence-corrected chi connectivity index (χ4v) is 2.33. The topological polar surface area (TPSA) is 145 Å². The number of aliphatic hydroxyl groups is 3. The standard InChI is InChI=1S/C16H17N3O6/c20-7-5-17-16(18-6-8-21)13(19(24)25)9-12-14(22)10-3-1-2-4-11(10)15(12)23/h1-4,9,20-22H,5-8H2,(H,17,18). The highest BCUT2D eigenvalue weighted by Crippen LogP contribution is 2.32. The average molecular weight is 347 g/mol. The second-order valence-corrected chi connectivity index (χ2v) is 5.03. The van der Waals surface area contributed by atoms with Crippen molar-refractivity contribution in [2.45, 2.75) is 0 Å². The number of fused-ring (bicyclic) bond motifs is 1. The van der Waals surface area contributed by atoms with Gasteiger partial charge in [-0.25, -0.2) is 0 Å². The van der Waals surface area contributed by atoms with E-state index in [2.05, 4.69) is 10.3 Å². The van der Waals surface area contributed by atoms with Crippen LogP contribution in [0.25, 0.3) is 5.76 Å². The fraction of sp³-hybridized carbons (Fsp3) is 0.250. The largest absolute Gasteiger partial charge is 0.507 e. The molecule has 0 atom stereocenters. The normalized spacial score (nSPS) is 14.7. The number of aliphatic imine (C=N–C) groups is 1. The molecule has 0 saturated heterocycles. The van der Waals surface area contributed by atoms with Crippen molar-refractivity contribution in [2.75, 3.05) is 26.3 Å². The number of rotatable bonds is 7. The summed E-state index contributed by atoms with van der Waals surface area (Å²) in [6.07, 6.45) is 0.943. The van der Waals surface area contributed by atoms with E-state index in [9.17, 15) is 20.0 Å². The molecule has 0 amide bonds. The molecule has 1 aromatic carbocycles. The SMILES string of the molecule is O=C1C(C=C(C(=NCCO)NCCO)[N+](=O)[O-])=C(O)c2ccccc21. The third-order valence-electron chi connectivity index (χ3n) is 3.42. The Morgan fingerprint density at radius 3 is 2.48 bits per heavy atom. The Morgan fingerprint density at radius 2 is 1.92 bits per heavy atom. The van der Waals surface area contributed by atoms with Crippen LogP contribution in [0.15, 0.2) is 46.6 Å². The van der Waals surface area contributed by atoms with Crippen LogP contribution in [0.4, 0.5) is 0 Å². The van der Waals surface area contributed by atoms with Crippen LogP contribution in [0, 0.1) is 10.1 Å². The van der Waals surface area contributed by atoms with Gasteiger partial charge in [0.15, 0.2) is 5.78 Å². The maximum atomic E-state index is 12.4. The Bertz CT molecular complexity index is 782. The van der Waals surface area contributed by atoms with E-state index in [1.807, 2.05) is 0 Å². The monoisotopic (exact) mass is 347 g/mol. The molecule has 9 nitrogen and oxygen atoms in total. The van der Waals surface area contributed by atoms with E-state index < -0.39 is 16.4 Å². The predicted octanol–water partition coefficient (Wildman–Crippen LogP) is 0.285. The molecule has 1 aromatic rings. The first kappa shape index (κ1) is 18.3. The summed E-state index contributed by atoms with van der Waals surface area (Å²) in [5.41, 5.74) is -0.204. The summed E-state index contributed by atoms with van der Waals surface area (Å²) in [5, 5.41) is 42.0. The maximum Gasteiger partial charge on any atom is 0.311 e. The lowest BCUT2D eigenvalue weighted by Crippen LogP contribution is -2.31. The van der Waals surface area contributed by atoms with Crippen molar-refractivity contribution in [2.24, 2.45) is 4.99 Å². The summed E-state index contributed by atoms with van der Waals surface area (Å²) < 4.78 is 0. The summed E-state index contributed by atoms with van der Waals surface area (Å²) in [6, 6.07) is 6.33. The molecule has 0 aromatic heterocycles. The van der Waals surface area contributed by atoms with Gasteiger partial charge >= 0.3 is 5.70 Å². The number of amidine groups is 1. The lowest BCUT2D eigenvalue weighted by molar-refractivity contribution is -0.415. The molecule has 0 saturated carbocycles. The highest BCUT2D eigenvalue weighted by atomic mass is 16.6. The van der Waals surface area contributed by atoms with Gasteiger partial charge in [-0.1, -0.05) is 24.3 Å². The van der Waals surface area contributed by atoms with Crippen LogP contribution in [0.5, 0.6) is 0 Å². The molecule has 25 heavy (non-hydrogen) atoms. The number of aliphatic hydroxyl groups excluding tert-OH is 3. The highest BCUT2D eigenvalue weighted by molar-refractivity contribution is 6.21. The molecule has 0 bridgehead atoms. The molecule has 0 spiro atoms. The zero-order valence-electron chi connectivity index (χ0n) is 13.2. The van der Waals surface area contributed by atoms with E-state index in [0.717, 1.165) is 6.08 Å². The second-order valence-electron chi connectivity index (χ2n) is 5.03. The van der Waals surface area contributed by atoms with Crippen molar-refractivity contribution >= 4 is 17.4 Å². The third kappa shape index (κ3) is 3.90. The predicted molar refractivity (Wildman–Crippen MR) is 89.9 cm³/mol. The Kier molecular flexibility index (Phi) is 5.98. The first-order valence-corrected chi connectivity index (χ1v) is 7.45. The summed E-state index contributed by atoms with van der Waals surface area (Å²) in [7, 11) is 0. The van der Waals surface area contributed by atoms with Gasteiger partial charge in [0.05, 0.1) is 30.3 Å². The number of hydrogen-bond acceptors (Lipinski definition) is 7. The lowest BCUT2D eigenvalue weighted by Gasteiger charge is -2.07. The Balaban J connectivity index is 2.48. The molecular weight excluding hydrogens is 330 g/mol. The van der Waals surface area contributed by atoms with Crippen LogP contribution in [-0.4, -0.2) is 58.2 Å². The van der Waals surface area contributed by atoms with Gasteiger partial charge in [0.1, 0.15) is 5.76 Å². The van der Waals surface area contributed by atoms with Crippen LogP contribution in [0.1, 0.15) is 15.9 Å². The number of Topliss-reactive ketones (excluding diaryl/α,β-unsaturated/α-hetero) is 1. The Morgan fingerprint density at radius 1 is 1.24 bits per heavy atom. The summed E-state index contributed by atoms with van der Waals surface area (Å²) in [4.78, 5) is 26.9. The van der Waals surface area contributed by atoms with Crippen molar-refractivity contribution < 1.29 is 25.0 Å². The zero-order valence-corrected chi connectivity index (χ0v) is 13.2. The minimum atomic E-state index is -0.753. The smallest absolute Gasteiger partial charge is 0.311 e. The van der Waals surface area contributed by atoms with E-state index in [1.54, 1.807) is 18.2 Å². The molecule has 1 aliphatic carbocycles. The van der Waals surface area contributed by atoms with Crippen LogP contribution in [0.2, 0.25) is 0 Å². The highest BCUT2D eigenvalue weighted by Gasteiger charge is 2.31. The number of carbonyl (C=O) groups excluding carboxylic acids is 1. The minimum Gasteiger partial charge on any atom is -0.507 e. The molecule has 9 heteroatoms. The molecule has 0 fully saturated rings. The first-order chi connectivity index (χ1) is 12.0. The lowest BCUT2D eigenvalue weighted by atomic mass is 10.1. The quantitative estimate of drug-likeness (QED) is 0.240. The van der Waals surface area contributed by atoms with Crippen molar-refractivity contribution in [3.05, 3.63) is 62.9 Å². The number of nitrogens with zero attached hydrogens (tertiary/aromatic N) is 2. The van der Waals surface area contributed by atoms with Gasteiger partial charge in [-0.3, -0.25) is 19.9 Å². The number of benzene rings is 1. The van der Waals surface area contributed by atoms with Crippen LogP contribution in [-0.2, 0) is 0 Å². The number of carbonyl (C=O) groups is 1. The summed E-state index contributed by atoms with van der Waals surface area (Å²) >= 11 is 0. The van der Waals surface area contributed by atoms with Gasteiger partial charge in [0, 0.05) is 23.7 Å². The van der Waals surface area contributed by atoms with Crippen molar-refractivity contribution in [3.8, 4) is 0 Å². The van der Waals surface area contributed by atoms with E-state index in [1.165, 1.54) is 6.07 Å². The van der Waals surface area contributed by atoms with Crippen LogP contribution in [0.3, 0.4) is 0 Å². The van der Waals surface area contributed by atoms with Gasteiger partial charge < -0.3 is 20.6 Å².